The number of Topliss-reactive ketones (excluding diaryl/α,β-unsaturated/α-hetero) is 1. The summed E-state index contributed by atoms with van der Waals surface area (Å²) in [5.74, 6) is -2.29. The predicted octanol–water partition coefficient (Wildman–Crippen LogP) is 1.09. The van der Waals surface area contributed by atoms with Crippen LogP contribution in [0.1, 0.15) is 27.6 Å². The van der Waals surface area contributed by atoms with Gasteiger partial charge in [-0.2, -0.15) is 0 Å². The highest BCUT2D eigenvalue weighted by Crippen LogP contribution is 2.31. The Bertz CT molecular complexity index is 422. The van der Waals surface area contributed by atoms with E-state index in [1.165, 1.54) is 13.0 Å². The molecule has 0 saturated carbocycles. The van der Waals surface area contributed by atoms with Crippen LogP contribution in [0.25, 0.3) is 0 Å². The standard InChI is InChI=1S/C10H10O5/c1-5(11)6-3-4-7(12)8(9(6)13)10(14)15-2/h3-4,12-13H,1-2H3. The zero-order valence-corrected chi connectivity index (χ0v) is 8.27. The summed E-state index contributed by atoms with van der Waals surface area (Å²) in [4.78, 5) is 22.2. The first-order valence-corrected chi connectivity index (χ1v) is 4.13. The normalized spacial score (nSPS) is 9.73. The van der Waals surface area contributed by atoms with Gasteiger partial charge < -0.3 is 14.9 Å². The molecule has 0 saturated heterocycles. The average Bonchev–Trinajstić information content (AvgIpc) is 2.16. The molecule has 0 aliphatic heterocycles. The van der Waals surface area contributed by atoms with Gasteiger partial charge in [-0.05, 0) is 19.1 Å². The van der Waals surface area contributed by atoms with Crippen LogP contribution in [-0.2, 0) is 4.74 Å². The molecule has 0 amide bonds. The first kappa shape index (κ1) is 11.0. The number of methoxy groups -OCH3 is 1. The first-order valence-electron chi connectivity index (χ1n) is 4.13. The molecule has 15 heavy (non-hydrogen) atoms. The number of hydrogen-bond donors (Lipinski definition) is 2. The topological polar surface area (TPSA) is 83.8 Å². The molecule has 0 atom stereocenters. The first-order chi connectivity index (χ1) is 6.99. The summed E-state index contributed by atoms with van der Waals surface area (Å²) in [6, 6.07) is 2.39. The van der Waals surface area contributed by atoms with Crippen molar-refractivity contribution >= 4 is 11.8 Å². The summed E-state index contributed by atoms with van der Waals surface area (Å²) >= 11 is 0. The highest BCUT2D eigenvalue weighted by molar-refractivity contribution is 6.03. The number of rotatable bonds is 2. The van der Waals surface area contributed by atoms with E-state index in [-0.39, 0.29) is 5.56 Å². The number of carbonyl (C=O) groups is 2. The van der Waals surface area contributed by atoms with Gasteiger partial charge in [0.2, 0.25) is 0 Å². The Morgan fingerprint density at radius 2 is 1.87 bits per heavy atom. The maximum atomic E-state index is 11.2. The van der Waals surface area contributed by atoms with Crippen LogP contribution in [0.4, 0.5) is 0 Å². The van der Waals surface area contributed by atoms with E-state index in [1.807, 2.05) is 0 Å². The summed E-state index contributed by atoms with van der Waals surface area (Å²) in [6.07, 6.45) is 0. The van der Waals surface area contributed by atoms with Gasteiger partial charge in [-0.1, -0.05) is 0 Å². The van der Waals surface area contributed by atoms with Gasteiger partial charge in [0.05, 0.1) is 12.7 Å². The van der Waals surface area contributed by atoms with Gasteiger partial charge in [0.25, 0.3) is 0 Å². The van der Waals surface area contributed by atoms with E-state index in [9.17, 15) is 19.8 Å². The lowest BCUT2D eigenvalue weighted by atomic mass is 10.0. The summed E-state index contributed by atoms with van der Waals surface area (Å²) in [6.45, 7) is 1.24. The minimum absolute atomic E-state index is 0.0341. The van der Waals surface area contributed by atoms with E-state index in [2.05, 4.69) is 4.74 Å². The van der Waals surface area contributed by atoms with Crippen molar-refractivity contribution in [1.29, 1.82) is 0 Å². The molecule has 0 spiro atoms. The fraction of sp³-hybridized carbons (Fsp3) is 0.200. The van der Waals surface area contributed by atoms with Crippen molar-refractivity contribution in [2.45, 2.75) is 6.92 Å². The third-order valence-electron chi connectivity index (χ3n) is 1.92. The molecule has 0 fully saturated rings. The lowest BCUT2D eigenvalue weighted by Crippen LogP contribution is -2.05. The van der Waals surface area contributed by atoms with Crippen LogP contribution in [0.2, 0.25) is 0 Å². The SMILES string of the molecule is COC(=O)c1c(O)ccc(C(C)=O)c1O. The van der Waals surface area contributed by atoms with Gasteiger partial charge in [0.1, 0.15) is 17.1 Å². The second kappa shape index (κ2) is 4.00. The summed E-state index contributed by atoms with van der Waals surface area (Å²) < 4.78 is 4.36. The number of aromatic hydroxyl groups is 2. The Labute approximate surface area is 85.9 Å². The van der Waals surface area contributed by atoms with Crippen LogP contribution in [0.15, 0.2) is 12.1 Å². The van der Waals surface area contributed by atoms with Gasteiger partial charge in [-0.15, -0.1) is 0 Å². The fourth-order valence-electron chi connectivity index (χ4n) is 1.17. The van der Waals surface area contributed by atoms with Crippen molar-refractivity contribution < 1.29 is 24.5 Å². The van der Waals surface area contributed by atoms with E-state index >= 15 is 0 Å². The van der Waals surface area contributed by atoms with Gasteiger partial charge >= 0.3 is 5.97 Å². The smallest absolute Gasteiger partial charge is 0.345 e. The fourth-order valence-corrected chi connectivity index (χ4v) is 1.17. The molecule has 5 nitrogen and oxygen atoms in total. The third kappa shape index (κ3) is 1.90. The highest BCUT2D eigenvalue weighted by Gasteiger charge is 2.21. The maximum absolute atomic E-state index is 11.2. The van der Waals surface area contributed by atoms with Gasteiger partial charge in [-0.25, -0.2) is 4.79 Å². The zero-order chi connectivity index (χ0) is 11.6. The second-order valence-corrected chi connectivity index (χ2v) is 2.90. The molecule has 0 aliphatic carbocycles. The van der Waals surface area contributed by atoms with Crippen molar-refractivity contribution in [2.75, 3.05) is 7.11 Å². The molecule has 1 aromatic carbocycles. The van der Waals surface area contributed by atoms with Crippen molar-refractivity contribution in [2.24, 2.45) is 0 Å². The summed E-state index contributed by atoms with van der Waals surface area (Å²) in [5, 5.41) is 18.9. The molecule has 0 unspecified atom stereocenters. The number of esters is 1. The molecule has 0 aliphatic rings. The Morgan fingerprint density at radius 1 is 1.27 bits per heavy atom. The zero-order valence-electron chi connectivity index (χ0n) is 8.27. The summed E-state index contributed by atoms with van der Waals surface area (Å²) in [7, 11) is 1.11. The molecule has 0 bridgehead atoms. The van der Waals surface area contributed by atoms with Crippen LogP contribution >= 0.6 is 0 Å². The van der Waals surface area contributed by atoms with Crippen LogP contribution in [0.5, 0.6) is 11.5 Å². The number of phenols is 2. The number of benzene rings is 1. The summed E-state index contributed by atoms with van der Waals surface area (Å²) in [5.41, 5.74) is -0.432. The predicted molar refractivity (Wildman–Crippen MR) is 51.1 cm³/mol. The van der Waals surface area contributed by atoms with Gasteiger partial charge in [0, 0.05) is 0 Å². The Kier molecular flexibility index (Phi) is 2.94. The van der Waals surface area contributed by atoms with Crippen molar-refractivity contribution in [3.63, 3.8) is 0 Å². The second-order valence-electron chi connectivity index (χ2n) is 2.90. The molecular weight excluding hydrogens is 200 g/mol. The Hall–Kier alpha value is -2.04. The maximum Gasteiger partial charge on any atom is 0.345 e. The number of hydrogen-bond acceptors (Lipinski definition) is 5. The van der Waals surface area contributed by atoms with E-state index < -0.39 is 28.8 Å². The molecular formula is C10H10O5. The van der Waals surface area contributed by atoms with E-state index in [0.29, 0.717) is 0 Å². The van der Waals surface area contributed by atoms with E-state index in [1.54, 1.807) is 0 Å². The molecule has 0 heterocycles. The lowest BCUT2D eigenvalue weighted by Gasteiger charge is -2.07. The minimum atomic E-state index is -0.895. The van der Waals surface area contributed by atoms with Crippen LogP contribution in [0.3, 0.4) is 0 Å². The molecule has 1 aromatic rings. The average molecular weight is 210 g/mol. The largest absolute Gasteiger partial charge is 0.507 e. The molecule has 5 heteroatoms. The lowest BCUT2D eigenvalue weighted by molar-refractivity contribution is 0.0594. The van der Waals surface area contributed by atoms with E-state index in [4.69, 9.17) is 0 Å². The van der Waals surface area contributed by atoms with Crippen molar-refractivity contribution in [3.8, 4) is 11.5 Å². The number of carbonyl (C=O) groups excluding carboxylic acids is 2. The third-order valence-corrected chi connectivity index (χ3v) is 1.92. The Morgan fingerprint density at radius 3 is 2.33 bits per heavy atom. The van der Waals surface area contributed by atoms with Gasteiger partial charge in [0.15, 0.2) is 5.78 Å². The van der Waals surface area contributed by atoms with Gasteiger partial charge in [-0.3, -0.25) is 4.79 Å². The molecule has 80 valence electrons. The minimum Gasteiger partial charge on any atom is -0.507 e. The van der Waals surface area contributed by atoms with Crippen molar-refractivity contribution in [3.05, 3.63) is 23.3 Å². The Balaban J connectivity index is 3.43. The van der Waals surface area contributed by atoms with Crippen LogP contribution < -0.4 is 0 Å². The molecule has 1 rings (SSSR count). The van der Waals surface area contributed by atoms with Crippen LogP contribution in [0, 0.1) is 0 Å². The highest BCUT2D eigenvalue weighted by atomic mass is 16.5. The molecule has 2 N–H and O–H groups in total. The molecule has 0 radical (unpaired) electrons. The van der Waals surface area contributed by atoms with Crippen LogP contribution in [-0.4, -0.2) is 29.1 Å². The van der Waals surface area contributed by atoms with E-state index in [0.717, 1.165) is 13.2 Å². The number of ether oxygens (including phenoxy) is 1. The number of phenolic OH excluding ortho intramolecular Hbond substituents is 2. The quantitative estimate of drug-likeness (QED) is 0.563. The molecule has 0 aromatic heterocycles. The number of ketones is 1. The monoisotopic (exact) mass is 210 g/mol. The van der Waals surface area contributed by atoms with Crippen molar-refractivity contribution in [1.82, 2.24) is 0 Å².